The van der Waals surface area contributed by atoms with Crippen molar-refractivity contribution < 1.29 is 33.7 Å². The van der Waals surface area contributed by atoms with Crippen molar-refractivity contribution in [2.45, 2.75) is 12.5 Å². The number of halogens is 1. The molecule has 0 saturated heterocycles. The van der Waals surface area contributed by atoms with E-state index >= 15 is 0 Å². The van der Waals surface area contributed by atoms with Crippen LogP contribution in [0, 0.1) is 0 Å². The number of aromatic hydroxyl groups is 1. The third-order valence-electron chi connectivity index (χ3n) is 6.06. The van der Waals surface area contributed by atoms with Gasteiger partial charge in [0.2, 0.25) is 5.78 Å². The number of rotatable bonds is 9. The first-order valence-electron chi connectivity index (χ1n) is 11.2. The second-order valence-electron chi connectivity index (χ2n) is 8.72. The van der Waals surface area contributed by atoms with E-state index in [1.54, 1.807) is 24.3 Å². The van der Waals surface area contributed by atoms with Gasteiger partial charge in [-0.15, -0.1) is 0 Å². The molecule has 1 aromatic heterocycles. The number of Topliss-reactive ketones (excluding diaryl/α,β-unsaturated/α-hetero) is 1. The lowest BCUT2D eigenvalue weighted by Gasteiger charge is -2.27. The van der Waals surface area contributed by atoms with Gasteiger partial charge in [0.15, 0.2) is 34.4 Å². The van der Waals surface area contributed by atoms with E-state index in [1.165, 1.54) is 31.3 Å². The molecule has 2 N–H and O–H groups in total. The second-order valence-corrected chi connectivity index (χ2v) is 9.15. The van der Waals surface area contributed by atoms with Crippen molar-refractivity contribution in [2.75, 3.05) is 41.4 Å². The van der Waals surface area contributed by atoms with Gasteiger partial charge in [0.1, 0.15) is 0 Å². The van der Waals surface area contributed by atoms with Crippen LogP contribution in [0.15, 0.2) is 52.1 Å². The van der Waals surface area contributed by atoms with Crippen LogP contribution >= 0.6 is 11.6 Å². The van der Waals surface area contributed by atoms with E-state index in [2.05, 4.69) is 0 Å². The molecule has 1 atom stereocenters. The lowest BCUT2D eigenvalue weighted by Crippen LogP contribution is -2.33. The Hall–Kier alpha value is -3.69. The molecule has 0 aliphatic carbocycles. The number of aliphatic hydroxyl groups excluding tert-OH is 1. The predicted molar refractivity (Wildman–Crippen MR) is 134 cm³/mol. The summed E-state index contributed by atoms with van der Waals surface area (Å²) in [5.41, 5.74) is 0.616. The largest absolute Gasteiger partial charge is 0.504 e. The number of carbonyl (C=O) groups excluding carboxylic acids is 2. The minimum Gasteiger partial charge on any atom is -0.504 e. The number of fused-ring (bicyclic) bond motifs is 1. The number of aliphatic hydroxyl groups is 1. The normalized spacial score (nSPS) is 15.9. The number of nitrogens with zero attached hydrogens (tertiary/aromatic N) is 2. The van der Waals surface area contributed by atoms with Crippen LogP contribution in [-0.4, -0.2) is 73.1 Å². The number of phenols is 1. The van der Waals surface area contributed by atoms with E-state index in [1.807, 2.05) is 19.0 Å². The van der Waals surface area contributed by atoms with E-state index in [-0.39, 0.29) is 29.4 Å². The smallest absolute Gasteiger partial charge is 0.290 e. The van der Waals surface area contributed by atoms with E-state index < -0.39 is 23.5 Å². The van der Waals surface area contributed by atoms with Crippen molar-refractivity contribution in [3.05, 3.63) is 64.1 Å². The topological polar surface area (TPSA) is 113 Å². The fourth-order valence-corrected chi connectivity index (χ4v) is 4.60. The Labute approximate surface area is 213 Å². The first kappa shape index (κ1) is 25.4. The summed E-state index contributed by atoms with van der Waals surface area (Å²) in [6.45, 7) is 0.970. The highest BCUT2D eigenvalue weighted by Crippen LogP contribution is 2.42. The van der Waals surface area contributed by atoms with Crippen molar-refractivity contribution >= 4 is 34.3 Å². The molecule has 0 saturated carbocycles. The van der Waals surface area contributed by atoms with E-state index in [0.29, 0.717) is 40.3 Å². The molecule has 0 fully saturated rings. The first-order chi connectivity index (χ1) is 17.2. The van der Waals surface area contributed by atoms with Gasteiger partial charge in [-0.3, -0.25) is 9.59 Å². The molecular weight excluding hydrogens is 488 g/mol. The van der Waals surface area contributed by atoms with E-state index in [9.17, 15) is 19.8 Å². The second kappa shape index (κ2) is 10.1. The fourth-order valence-electron chi connectivity index (χ4n) is 4.38. The van der Waals surface area contributed by atoms with Crippen LogP contribution in [0.1, 0.15) is 28.6 Å². The predicted octanol–water partition coefficient (Wildman–Crippen LogP) is 4.34. The Morgan fingerprint density at radius 3 is 2.47 bits per heavy atom. The molecule has 3 aromatic rings. The average Bonchev–Trinajstić information content (AvgIpc) is 3.37. The van der Waals surface area contributed by atoms with Crippen molar-refractivity contribution in [3.8, 4) is 17.2 Å². The highest BCUT2D eigenvalue weighted by Gasteiger charge is 2.44. The number of ketones is 1. The third-order valence-corrected chi connectivity index (χ3v) is 6.28. The molecule has 2 heterocycles. The van der Waals surface area contributed by atoms with Crippen LogP contribution < -0.4 is 9.47 Å². The summed E-state index contributed by atoms with van der Waals surface area (Å²) in [6.07, 6.45) is 0.604. The molecule has 1 aliphatic rings. The zero-order valence-electron chi connectivity index (χ0n) is 20.4. The van der Waals surface area contributed by atoms with Crippen LogP contribution in [0.5, 0.6) is 17.2 Å². The number of amides is 1. The molecule has 1 unspecified atom stereocenters. The number of furan rings is 1. The lowest BCUT2D eigenvalue weighted by atomic mass is 9.94. The SMILES string of the molecule is COc1ccc(C2C(C(=O)c3cc4cc(Cl)cc(OC)c4o3)=C(O)C(=O)N2CCCN(C)C)cc1O. The maximum Gasteiger partial charge on any atom is 0.290 e. The van der Waals surface area contributed by atoms with Gasteiger partial charge >= 0.3 is 0 Å². The van der Waals surface area contributed by atoms with Gasteiger partial charge in [-0.2, -0.15) is 0 Å². The van der Waals surface area contributed by atoms with Crippen molar-refractivity contribution in [1.29, 1.82) is 0 Å². The number of carbonyl (C=O) groups is 2. The monoisotopic (exact) mass is 514 g/mol. The Bertz CT molecular complexity index is 1360. The van der Waals surface area contributed by atoms with Crippen LogP contribution in [0.4, 0.5) is 0 Å². The standard InChI is InChI=1S/C26H27ClN2O7/c1-28(2)8-5-9-29-22(14-6-7-18(34-3)17(30)11-14)21(24(32)26(29)33)23(31)19-12-15-10-16(27)13-20(35-4)25(15)36-19/h6-7,10-13,22,30,32H,5,8-9H2,1-4H3. The number of methoxy groups -OCH3 is 2. The summed E-state index contributed by atoms with van der Waals surface area (Å²) in [4.78, 5) is 30.2. The highest BCUT2D eigenvalue weighted by atomic mass is 35.5. The van der Waals surface area contributed by atoms with Gasteiger partial charge in [-0.05, 0) is 56.9 Å². The van der Waals surface area contributed by atoms with Gasteiger partial charge in [-0.25, -0.2) is 0 Å². The maximum absolute atomic E-state index is 13.7. The summed E-state index contributed by atoms with van der Waals surface area (Å²) >= 11 is 6.15. The molecule has 1 amide bonds. The Balaban J connectivity index is 1.80. The maximum atomic E-state index is 13.7. The molecule has 9 nitrogen and oxygen atoms in total. The Morgan fingerprint density at radius 1 is 1.11 bits per heavy atom. The molecule has 2 aromatic carbocycles. The summed E-state index contributed by atoms with van der Waals surface area (Å²) < 4.78 is 16.3. The average molecular weight is 515 g/mol. The number of phenolic OH excluding ortho intramolecular Hbond substituents is 1. The summed E-state index contributed by atoms with van der Waals surface area (Å²) in [6, 6.07) is 8.34. The van der Waals surface area contributed by atoms with Crippen LogP contribution in [0.3, 0.4) is 0 Å². The Morgan fingerprint density at radius 2 is 1.83 bits per heavy atom. The van der Waals surface area contributed by atoms with E-state index in [0.717, 1.165) is 0 Å². The van der Waals surface area contributed by atoms with E-state index in [4.69, 9.17) is 25.5 Å². The molecular formula is C26H27ClN2O7. The van der Waals surface area contributed by atoms with Crippen LogP contribution in [-0.2, 0) is 4.79 Å². The molecule has 1 aliphatic heterocycles. The van der Waals surface area contributed by atoms with Crippen molar-refractivity contribution in [3.63, 3.8) is 0 Å². The molecule has 0 radical (unpaired) electrons. The van der Waals surface area contributed by atoms with Crippen molar-refractivity contribution in [2.24, 2.45) is 0 Å². The molecule has 4 rings (SSSR count). The van der Waals surface area contributed by atoms with Crippen molar-refractivity contribution in [1.82, 2.24) is 9.80 Å². The van der Waals surface area contributed by atoms with Gasteiger partial charge in [0.25, 0.3) is 5.91 Å². The minimum absolute atomic E-state index is 0.0854. The number of benzene rings is 2. The lowest BCUT2D eigenvalue weighted by molar-refractivity contribution is -0.129. The first-order valence-corrected chi connectivity index (χ1v) is 11.6. The third kappa shape index (κ3) is 4.59. The summed E-state index contributed by atoms with van der Waals surface area (Å²) in [5.74, 6) is -1.64. The summed E-state index contributed by atoms with van der Waals surface area (Å²) in [7, 11) is 6.70. The number of hydrogen-bond donors (Lipinski definition) is 2. The minimum atomic E-state index is -0.942. The fraction of sp³-hybridized carbons (Fsp3) is 0.308. The molecule has 36 heavy (non-hydrogen) atoms. The van der Waals surface area contributed by atoms with Gasteiger partial charge < -0.3 is 33.9 Å². The molecule has 190 valence electrons. The summed E-state index contributed by atoms with van der Waals surface area (Å²) in [5, 5.41) is 22.2. The van der Waals surface area contributed by atoms with Gasteiger partial charge in [0, 0.05) is 23.0 Å². The van der Waals surface area contributed by atoms with Gasteiger partial charge in [-0.1, -0.05) is 17.7 Å². The number of hydrogen-bond acceptors (Lipinski definition) is 8. The number of ether oxygens (including phenoxy) is 2. The quantitative estimate of drug-likeness (QED) is 0.405. The molecule has 0 spiro atoms. The molecule has 10 heteroatoms. The Kier molecular flexibility index (Phi) is 7.14. The zero-order valence-corrected chi connectivity index (χ0v) is 21.1. The van der Waals surface area contributed by atoms with Gasteiger partial charge in [0.05, 0.1) is 25.8 Å². The highest BCUT2D eigenvalue weighted by molar-refractivity contribution is 6.31. The van der Waals surface area contributed by atoms with Crippen LogP contribution in [0.25, 0.3) is 11.0 Å². The van der Waals surface area contributed by atoms with Crippen LogP contribution in [0.2, 0.25) is 5.02 Å². The zero-order chi connectivity index (χ0) is 26.1. The molecule has 0 bridgehead atoms.